The molecule has 21 heavy (non-hydrogen) atoms. The van der Waals surface area contributed by atoms with Gasteiger partial charge in [-0.2, -0.15) is 0 Å². The van der Waals surface area contributed by atoms with E-state index < -0.39 is 0 Å². The second kappa shape index (κ2) is 6.41. The molecule has 0 aliphatic carbocycles. The van der Waals surface area contributed by atoms with Crippen molar-refractivity contribution in [2.24, 2.45) is 11.3 Å². The summed E-state index contributed by atoms with van der Waals surface area (Å²) in [5.74, 6) is 1.60. The summed E-state index contributed by atoms with van der Waals surface area (Å²) in [5.41, 5.74) is 0.668. The van der Waals surface area contributed by atoms with E-state index in [1.54, 1.807) is 6.33 Å². The molecule has 1 fully saturated rings. The highest BCUT2D eigenvalue weighted by molar-refractivity contribution is 5.81. The number of nitrogens with zero attached hydrogens (tertiary/aromatic N) is 3. The van der Waals surface area contributed by atoms with Crippen molar-refractivity contribution < 1.29 is 4.79 Å². The molecule has 1 N–H and O–H groups in total. The Kier molecular flexibility index (Phi) is 4.80. The number of nitrogens with one attached hydrogen (secondary N) is 1. The minimum absolute atomic E-state index is 0.123. The Hall–Kier alpha value is -1.65. The molecule has 2 heterocycles. The van der Waals surface area contributed by atoms with Crippen LogP contribution >= 0.6 is 0 Å². The van der Waals surface area contributed by atoms with Crippen molar-refractivity contribution in [2.45, 2.75) is 40.5 Å². The van der Waals surface area contributed by atoms with Gasteiger partial charge in [-0.3, -0.25) is 4.79 Å². The summed E-state index contributed by atoms with van der Waals surface area (Å²) in [4.78, 5) is 22.8. The zero-order valence-electron chi connectivity index (χ0n) is 13.5. The van der Waals surface area contributed by atoms with Crippen LogP contribution in [0.15, 0.2) is 12.4 Å². The number of amides is 1. The highest BCUT2D eigenvalue weighted by atomic mass is 16.2. The van der Waals surface area contributed by atoms with Crippen LogP contribution in [0.5, 0.6) is 0 Å². The fraction of sp³-hybridized carbons (Fsp3) is 0.688. The topological polar surface area (TPSA) is 58.1 Å². The second-order valence-electron chi connectivity index (χ2n) is 6.93. The molecule has 1 aliphatic rings. The fourth-order valence-electron chi connectivity index (χ4n) is 2.56. The van der Waals surface area contributed by atoms with E-state index >= 15 is 0 Å². The second-order valence-corrected chi connectivity index (χ2v) is 6.93. The Morgan fingerprint density at radius 1 is 1.43 bits per heavy atom. The van der Waals surface area contributed by atoms with Crippen LogP contribution in [-0.4, -0.2) is 35.5 Å². The summed E-state index contributed by atoms with van der Waals surface area (Å²) in [6.45, 7) is 10.5. The van der Waals surface area contributed by atoms with Gasteiger partial charge in [0.1, 0.15) is 12.1 Å². The minimum Gasteiger partial charge on any atom is -0.356 e. The molecule has 116 valence electrons. The summed E-state index contributed by atoms with van der Waals surface area (Å²) in [7, 11) is 0. The first-order valence-electron chi connectivity index (χ1n) is 7.68. The Morgan fingerprint density at radius 2 is 2.19 bits per heavy atom. The summed E-state index contributed by atoms with van der Waals surface area (Å²) in [6, 6.07) is 2.02. The number of carbonyl (C=O) groups is 1. The van der Waals surface area contributed by atoms with Crippen LogP contribution in [-0.2, 0) is 4.79 Å². The lowest BCUT2D eigenvalue weighted by atomic mass is 9.94. The number of anilines is 1. The smallest absolute Gasteiger partial charge is 0.225 e. The first-order chi connectivity index (χ1) is 9.86. The Bertz CT molecular complexity index is 495. The maximum Gasteiger partial charge on any atom is 0.225 e. The predicted molar refractivity (Wildman–Crippen MR) is 84.2 cm³/mol. The van der Waals surface area contributed by atoms with E-state index in [1.807, 2.05) is 33.8 Å². The van der Waals surface area contributed by atoms with Gasteiger partial charge in [0.25, 0.3) is 0 Å². The van der Waals surface area contributed by atoms with Crippen LogP contribution in [0.25, 0.3) is 0 Å². The van der Waals surface area contributed by atoms with Gasteiger partial charge in [-0.15, -0.1) is 0 Å². The average Bonchev–Trinajstić information content (AvgIpc) is 2.44. The van der Waals surface area contributed by atoms with Crippen LogP contribution in [0.1, 0.15) is 39.3 Å². The standard InChI is InChI=1S/C16H26N4O/c1-12-8-14(19-11-18-12)20-7-5-6-13(10-20)9-17-15(21)16(2,3)4/h8,11,13H,5-7,9-10H2,1-4H3,(H,17,21). The third kappa shape index (κ3) is 4.41. The molecular formula is C16H26N4O. The van der Waals surface area contributed by atoms with Gasteiger partial charge in [0, 0.05) is 36.8 Å². The summed E-state index contributed by atoms with van der Waals surface area (Å²) in [6.07, 6.45) is 3.92. The maximum absolute atomic E-state index is 12.0. The monoisotopic (exact) mass is 290 g/mol. The van der Waals surface area contributed by atoms with Gasteiger partial charge in [0.2, 0.25) is 5.91 Å². The molecule has 0 aromatic carbocycles. The van der Waals surface area contributed by atoms with Gasteiger partial charge >= 0.3 is 0 Å². The lowest BCUT2D eigenvalue weighted by Gasteiger charge is -2.34. The Balaban J connectivity index is 1.91. The molecule has 1 atom stereocenters. The number of piperidine rings is 1. The molecule has 0 saturated carbocycles. The maximum atomic E-state index is 12.0. The number of aromatic nitrogens is 2. The number of rotatable bonds is 3. The van der Waals surface area contributed by atoms with E-state index in [-0.39, 0.29) is 11.3 Å². The summed E-state index contributed by atoms with van der Waals surface area (Å²) >= 11 is 0. The third-order valence-corrected chi connectivity index (χ3v) is 3.86. The van der Waals surface area contributed by atoms with Crippen molar-refractivity contribution in [3.05, 3.63) is 18.1 Å². The van der Waals surface area contributed by atoms with Crippen LogP contribution in [0.3, 0.4) is 0 Å². The van der Waals surface area contributed by atoms with Crippen LogP contribution in [0, 0.1) is 18.3 Å². The van der Waals surface area contributed by atoms with Gasteiger partial charge in [-0.1, -0.05) is 20.8 Å². The normalized spacial score (nSPS) is 19.4. The zero-order chi connectivity index (χ0) is 15.5. The van der Waals surface area contributed by atoms with Gasteiger partial charge in [-0.25, -0.2) is 9.97 Å². The van der Waals surface area contributed by atoms with Crippen LogP contribution < -0.4 is 10.2 Å². The van der Waals surface area contributed by atoms with E-state index in [4.69, 9.17) is 0 Å². The molecule has 1 saturated heterocycles. The molecule has 1 unspecified atom stereocenters. The van der Waals surface area contributed by atoms with Crippen molar-refractivity contribution in [1.82, 2.24) is 15.3 Å². The zero-order valence-corrected chi connectivity index (χ0v) is 13.5. The number of hydrogen-bond acceptors (Lipinski definition) is 4. The molecule has 5 nitrogen and oxygen atoms in total. The Morgan fingerprint density at radius 3 is 2.86 bits per heavy atom. The molecule has 0 bridgehead atoms. The Labute approximate surface area is 127 Å². The molecule has 5 heteroatoms. The van der Waals surface area contributed by atoms with Gasteiger partial charge in [-0.05, 0) is 25.7 Å². The molecule has 2 rings (SSSR count). The van der Waals surface area contributed by atoms with E-state index in [2.05, 4.69) is 20.2 Å². The van der Waals surface area contributed by atoms with E-state index in [1.165, 1.54) is 0 Å². The van der Waals surface area contributed by atoms with Crippen LogP contribution in [0.4, 0.5) is 5.82 Å². The molecular weight excluding hydrogens is 264 g/mol. The van der Waals surface area contributed by atoms with E-state index in [0.717, 1.165) is 44.0 Å². The molecule has 1 aromatic heterocycles. The highest BCUT2D eigenvalue weighted by Gasteiger charge is 2.25. The van der Waals surface area contributed by atoms with Crippen molar-refractivity contribution in [1.29, 1.82) is 0 Å². The molecule has 1 aliphatic heterocycles. The first kappa shape index (κ1) is 15.7. The molecule has 0 spiro atoms. The predicted octanol–water partition coefficient (Wildman–Crippen LogP) is 2.16. The molecule has 1 amide bonds. The summed E-state index contributed by atoms with van der Waals surface area (Å²) < 4.78 is 0. The van der Waals surface area contributed by atoms with Gasteiger partial charge in [0.05, 0.1) is 0 Å². The minimum atomic E-state index is -0.321. The SMILES string of the molecule is Cc1cc(N2CCCC(CNC(=O)C(C)(C)C)C2)ncn1. The fourth-order valence-corrected chi connectivity index (χ4v) is 2.56. The van der Waals surface area contributed by atoms with Crippen molar-refractivity contribution in [3.8, 4) is 0 Å². The largest absolute Gasteiger partial charge is 0.356 e. The van der Waals surface area contributed by atoms with Gasteiger partial charge in [0.15, 0.2) is 0 Å². The lowest BCUT2D eigenvalue weighted by Crippen LogP contribution is -2.43. The third-order valence-electron chi connectivity index (χ3n) is 3.86. The number of hydrogen-bond donors (Lipinski definition) is 1. The quantitative estimate of drug-likeness (QED) is 0.927. The first-order valence-corrected chi connectivity index (χ1v) is 7.68. The highest BCUT2D eigenvalue weighted by Crippen LogP contribution is 2.21. The molecule has 1 aromatic rings. The molecule has 0 radical (unpaired) electrons. The number of aryl methyl sites for hydroxylation is 1. The van der Waals surface area contributed by atoms with Gasteiger partial charge < -0.3 is 10.2 Å². The average molecular weight is 290 g/mol. The van der Waals surface area contributed by atoms with Crippen molar-refractivity contribution in [3.63, 3.8) is 0 Å². The van der Waals surface area contributed by atoms with Crippen molar-refractivity contribution in [2.75, 3.05) is 24.5 Å². The van der Waals surface area contributed by atoms with Crippen molar-refractivity contribution >= 4 is 11.7 Å². The lowest BCUT2D eigenvalue weighted by molar-refractivity contribution is -0.128. The van der Waals surface area contributed by atoms with Crippen LogP contribution in [0.2, 0.25) is 0 Å². The summed E-state index contributed by atoms with van der Waals surface area (Å²) in [5, 5.41) is 3.08. The number of carbonyl (C=O) groups excluding carboxylic acids is 1. The van der Waals surface area contributed by atoms with E-state index in [0.29, 0.717) is 5.92 Å². The van der Waals surface area contributed by atoms with E-state index in [9.17, 15) is 4.79 Å².